The first-order valence-electron chi connectivity index (χ1n) is 10.5. The van der Waals surface area contributed by atoms with E-state index in [9.17, 15) is 4.79 Å². The van der Waals surface area contributed by atoms with Gasteiger partial charge in [0.05, 0.1) is 7.11 Å². The van der Waals surface area contributed by atoms with Crippen LogP contribution in [0.4, 0.5) is 0 Å². The number of ether oxygens (including phenoxy) is 2. The van der Waals surface area contributed by atoms with Gasteiger partial charge in [0.2, 0.25) is 0 Å². The van der Waals surface area contributed by atoms with Crippen LogP contribution in [-0.4, -0.2) is 65.4 Å². The van der Waals surface area contributed by atoms with Gasteiger partial charge >= 0.3 is 0 Å². The fourth-order valence-corrected chi connectivity index (χ4v) is 3.75. The van der Waals surface area contributed by atoms with Crippen LogP contribution in [0.25, 0.3) is 0 Å². The highest BCUT2D eigenvalue weighted by molar-refractivity contribution is 5.76. The Hall–Kier alpha value is -2.57. The maximum atomic E-state index is 12.3. The maximum absolute atomic E-state index is 12.3. The summed E-state index contributed by atoms with van der Waals surface area (Å²) in [6.07, 6.45) is 0.782. The zero-order valence-corrected chi connectivity index (χ0v) is 17.3. The Morgan fingerprint density at radius 2 is 1.66 bits per heavy atom. The Kier molecular flexibility index (Phi) is 8.34. The molecule has 1 aliphatic rings. The van der Waals surface area contributed by atoms with Crippen molar-refractivity contribution in [3.63, 3.8) is 0 Å². The molecule has 0 radical (unpaired) electrons. The minimum atomic E-state index is 0.130. The standard InChI is InChI=1S/C23H31N3O3/c1-28-22-10-6-5-7-20(22)11-12-24-23(27)19-26-15-13-25(14-16-26)17-18-29-21-8-3-2-4-9-21/h2-10H,11-19H2,1H3,(H,24,27)/p+2. The molecule has 0 spiro atoms. The van der Waals surface area contributed by atoms with E-state index in [4.69, 9.17) is 9.47 Å². The number of hydrogen-bond acceptors (Lipinski definition) is 3. The largest absolute Gasteiger partial charge is 0.496 e. The summed E-state index contributed by atoms with van der Waals surface area (Å²) in [5.41, 5.74) is 1.12. The lowest BCUT2D eigenvalue weighted by Gasteiger charge is -2.29. The summed E-state index contributed by atoms with van der Waals surface area (Å²) in [4.78, 5) is 15.2. The molecule has 0 aliphatic carbocycles. The molecule has 6 heteroatoms. The summed E-state index contributed by atoms with van der Waals surface area (Å²) in [7, 11) is 1.68. The highest BCUT2D eigenvalue weighted by Gasteiger charge is 2.24. The normalized spacial score (nSPS) is 18.8. The van der Waals surface area contributed by atoms with E-state index in [-0.39, 0.29) is 5.91 Å². The van der Waals surface area contributed by atoms with E-state index in [0.717, 1.165) is 62.8 Å². The summed E-state index contributed by atoms with van der Waals surface area (Å²) >= 11 is 0. The van der Waals surface area contributed by atoms with Crippen molar-refractivity contribution in [3.05, 3.63) is 60.2 Å². The second-order valence-electron chi connectivity index (χ2n) is 7.50. The van der Waals surface area contributed by atoms with Gasteiger partial charge < -0.3 is 24.6 Å². The first-order chi connectivity index (χ1) is 14.2. The van der Waals surface area contributed by atoms with Crippen molar-refractivity contribution in [1.82, 2.24) is 5.32 Å². The third-order valence-corrected chi connectivity index (χ3v) is 5.45. The molecule has 0 unspecified atom stereocenters. The van der Waals surface area contributed by atoms with Gasteiger partial charge in [0.15, 0.2) is 6.54 Å². The molecule has 0 aromatic heterocycles. The van der Waals surface area contributed by atoms with Crippen molar-refractivity contribution < 1.29 is 24.1 Å². The van der Waals surface area contributed by atoms with E-state index in [1.807, 2.05) is 54.6 Å². The van der Waals surface area contributed by atoms with E-state index in [0.29, 0.717) is 13.1 Å². The molecule has 1 fully saturated rings. The molecule has 3 rings (SSSR count). The molecule has 29 heavy (non-hydrogen) atoms. The average Bonchev–Trinajstić information content (AvgIpc) is 2.76. The fourth-order valence-electron chi connectivity index (χ4n) is 3.75. The number of carbonyl (C=O) groups excluding carboxylic acids is 1. The van der Waals surface area contributed by atoms with Crippen LogP contribution >= 0.6 is 0 Å². The second kappa shape index (κ2) is 11.4. The number of hydrogen-bond donors (Lipinski definition) is 3. The van der Waals surface area contributed by atoms with Crippen LogP contribution in [0.2, 0.25) is 0 Å². The average molecular weight is 400 g/mol. The van der Waals surface area contributed by atoms with Gasteiger partial charge in [0.25, 0.3) is 5.91 Å². The molecule has 156 valence electrons. The van der Waals surface area contributed by atoms with Crippen LogP contribution in [0.5, 0.6) is 11.5 Å². The van der Waals surface area contributed by atoms with Gasteiger partial charge in [-0.25, -0.2) is 0 Å². The quantitative estimate of drug-likeness (QED) is 0.491. The molecule has 1 saturated heterocycles. The Labute approximate surface area is 173 Å². The van der Waals surface area contributed by atoms with Gasteiger partial charge in [-0.05, 0) is 30.2 Å². The SMILES string of the molecule is COc1ccccc1CCNC(=O)C[NH+]1CC[NH+](CCOc2ccccc2)CC1. The lowest BCUT2D eigenvalue weighted by Crippen LogP contribution is -3.28. The van der Waals surface area contributed by atoms with Gasteiger partial charge in [0.1, 0.15) is 50.8 Å². The summed E-state index contributed by atoms with van der Waals surface area (Å²) in [6.45, 7) is 7.16. The monoisotopic (exact) mass is 399 g/mol. The van der Waals surface area contributed by atoms with Gasteiger partial charge in [0, 0.05) is 6.54 Å². The second-order valence-corrected chi connectivity index (χ2v) is 7.50. The number of methoxy groups -OCH3 is 1. The smallest absolute Gasteiger partial charge is 0.275 e. The lowest BCUT2D eigenvalue weighted by molar-refractivity contribution is -1.01. The number of amides is 1. The Morgan fingerprint density at radius 3 is 2.41 bits per heavy atom. The zero-order chi connectivity index (χ0) is 20.3. The zero-order valence-electron chi connectivity index (χ0n) is 17.3. The number of rotatable bonds is 10. The van der Waals surface area contributed by atoms with Crippen molar-refractivity contribution in [2.24, 2.45) is 0 Å². The number of benzene rings is 2. The van der Waals surface area contributed by atoms with Crippen molar-refractivity contribution in [2.75, 3.05) is 59.5 Å². The molecule has 0 saturated carbocycles. The van der Waals surface area contributed by atoms with Crippen LogP contribution < -0.4 is 24.6 Å². The number of para-hydroxylation sites is 2. The molecule has 1 amide bonds. The Morgan fingerprint density at radius 1 is 0.966 bits per heavy atom. The highest BCUT2D eigenvalue weighted by Crippen LogP contribution is 2.17. The summed E-state index contributed by atoms with van der Waals surface area (Å²) in [5.74, 6) is 1.94. The summed E-state index contributed by atoms with van der Waals surface area (Å²) in [6, 6.07) is 17.9. The summed E-state index contributed by atoms with van der Waals surface area (Å²) < 4.78 is 11.2. The van der Waals surface area contributed by atoms with Crippen LogP contribution in [0, 0.1) is 0 Å². The Bertz CT molecular complexity index is 746. The highest BCUT2D eigenvalue weighted by atomic mass is 16.5. The first kappa shape index (κ1) is 21.1. The van der Waals surface area contributed by atoms with Gasteiger partial charge in [-0.1, -0.05) is 36.4 Å². The molecule has 1 heterocycles. The molecule has 6 nitrogen and oxygen atoms in total. The topological polar surface area (TPSA) is 56.4 Å². The van der Waals surface area contributed by atoms with Crippen molar-refractivity contribution in [1.29, 1.82) is 0 Å². The molecular formula is C23H33N3O3+2. The van der Waals surface area contributed by atoms with Crippen LogP contribution in [-0.2, 0) is 11.2 Å². The van der Waals surface area contributed by atoms with Gasteiger partial charge in [-0.2, -0.15) is 0 Å². The molecule has 0 atom stereocenters. The van der Waals surface area contributed by atoms with E-state index in [2.05, 4.69) is 5.32 Å². The number of nitrogens with one attached hydrogen (secondary N) is 3. The van der Waals surface area contributed by atoms with Crippen molar-refractivity contribution >= 4 is 5.91 Å². The van der Waals surface area contributed by atoms with Gasteiger partial charge in [-0.15, -0.1) is 0 Å². The molecule has 3 N–H and O–H groups in total. The summed E-state index contributed by atoms with van der Waals surface area (Å²) in [5, 5.41) is 3.05. The van der Waals surface area contributed by atoms with Crippen LogP contribution in [0.15, 0.2) is 54.6 Å². The predicted octanol–water partition coefficient (Wildman–Crippen LogP) is -0.784. The Balaban J connectivity index is 1.28. The number of carbonyl (C=O) groups is 1. The van der Waals surface area contributed by atoms with Crippen molar-refractivity contribution in [2.45, 2.75) is 6.42 Å². The maximum Gasteiger partial charge on any atom is 0.275 e. The number of quaternary nitrogens is 2. The number of piperazine rings is 1. The molecule has 0 bridgehead atoms. The molecule has 2 aromatic rings. The van der Waals surface area contributed by atoms with E-state index in [1.54, 1.807) is 12.0 Å². The van der Waals surface area contributed by atoms with Crippen LogP contribution in [0.1, 0.15) is 5.56 Å². The molecular weight excluding hydrogens is 366 g/mol. The van der Waals surface area contributed by atoms with Crippen molar-refractivity contribution in [3.8, 4) is 11.5 Å². The van der Waals surface area contributed by atoms with Gasteiger partial charge in [-0.3, -0.25) is 4.79 Å². The third kappa shape index (κ3) is 7.07. The fraction of sp³-hybridized carbons (Fsp3) is 0.435. The molecule has 2 aromatic carbocycles. The first-order valence-corrected chi connectivity index (χ1v) is 10.5. The third-order valence-electron chi connectivity index (χ3n) is 5.45. The molecule has 1 aliphatic heterocycles. The van der Waals surface area contributed by atoms with E-state index >= 15 is 0 Å². The minimum Gasteiger partial charge on any atom is -0.496 e. The lowest BCUT2D eigenvalue weighted by atomic mass is 10.1. The minimum absolute atomic E-state index is 0.130. The van der Waals surface area contributed by atoms with E-state index < -0.39 is 0 Å². The van der Waals surface area contributed by atoms with E-state index in [1.165, 1.54) is 4.90 Å². The predicted molar refractivity (Wildman–Crippen MR) is 113 cm³/mol. The van der Waals surface area contributed by atoms with Crippen LogP contribution in [0.3, 0.4) is 0 Å².